The Morgan fingerprint density at radius 2 is 2.14 bits per heavy atom. The Balaban J connectivity index is 1.54. The van der Waals surface area contributed by atoms with E-state index in [-0.39, 0.29) is 17.1 Å². The lowest BCUT2D eigenvalue weighted by molar-refractivity contribution is 0.0929. The van der Waals surface area contributed by atoms with Crippen molar-refractivity contribution in [3.8, 4) is 17.2 Å². The molecule has 1 aliphatic rings. The monoisotopic (exact) mass is 375 g/mol. The lowest BCUT2D eigenvalue weighted by Crippen LogP contribution is -2.29. The van der Waals surface area contributed by atoms with Crippen molar-refractivity contribution in [3.63, 3.8) is 0 Å². The molecule has 2 aromatic heterocycles. The van der Waals surface area contributed by atoms with Crippen molar-refractivity contribution >= 4 is 29.4 Å². The zero-order valence-corrected chi connectivity index (χ0v) is 16.6. The molecule has 1 aliphatic heterocycles. The number of ether oxygens (including phenoxy) is 1. The molecule has 8 nitrogen and oxygen atoms in total. The van der Waals surface area contributed by atoms with Crippen molar-refractivity contribution < 1.29 is 14.1 Å². The molecule has 0 aliphatic carbocycles. The summed E-state index contributed by atoms with van der Waals surface area (Å²) in [6, 6.07) is 5.49. The zero-order chi connectivity index (χ0) is 20.1. The van der Waals surface area contributed by atoms with Gasteiger partial charge in [0, 0.05) is 23.9 Å². The van der Waals surface area contributed by atoms with Gasteiger partial charge in [0.15, 0.2) is 5.82 Å². The minimum atomic E-state index is -0.219. The van der Waals surface area contributed by atoms with Crippen LogP contribution >= 0.6 is 0 Å². The highest BCUT2D eigenvalue weighted by molar-refractivity contribution is 6.58. The fourth-order valence-corrected chi connectivity index (χ4v) is 3.07. The van der Waals surface area contributed by atoms with Crippen LogP contribution in [0.1, 0.15) is 33.5 Å². The van der Waals surface area contributed by atoms with E-state index in [9.17, 15) is 4.79 Å². The van der Waals surface area contributed by atoms with Crippen molar-refractivity contribution in [2.24, 2.45) is 7.05 Å². The number of aromatic nitrogens is 4. The summed E-state index contributed by atoms with van der Waals surface area (Å²) in [5.74, 6) is 1.65. The summed E-state index contributed by atoms with van der Waals surface area (Å²) >= 11 is 0. The minimum absolute atomic E-state index is 0.164. The van der Waals surface area contributed by atoms with Crippen LogP contribution < -0.4 is 10.1 Å². The van der Waals surface area contributed by atoms with Crippen LogP contribution in [-0.2, 0) is 12.2 Å². The number of carbonyl (C=O) groups is 1. The van der Waals surface area contributed by atoms with Crippen LogP contribution in [0.5, 0.6) is 5.75 Å². The molecular formula is C17H20B3N5O3. The van der Waals surface area contributed by atoms with Gasteiger partial charge in [0.25, 0.3) is 11.8 Å². The molecule has 1 amide bonds. The predicted octanol–water partition coefficient (Wildman–Crippen LogP) is -1.35. The highest BCUT2D eigenvalue weighted by atomic mass is 16.5. The highest BCUT2D eigenvalue weighted by Crippen LogP contribution is 2.36. The van der Waals surface area contributed by atoms with Gasteiger partial charge in [0.1, 0.15) is 12.4 Å². The van der Waals surface area contributed by atoms with E-state index in [1.165, 1.54) is 0 Å². The van der Waals surface area contributed by atoms with Gasteiger partial charge in [-0.2, -0.15) is 10.1 Å². The molecule has 11 heteroatoms. The minimum Gasteiger partial charge on any atom is -0.491 e. The van der Waals surface area contributed by atoms with Gasteiger partial charge in [0.2, 0.25) is 0 Å². The number of hydrogen-bond donors (Lipinski definition) is 1. The highest BCUT2D eigenvalue weighted by Gasteiger charge is 2.28. The van der Waals surface area contributed by atoms with E-state index in [1.807, 2.05) is 55.7 Å². The molecule has 0 saturated carbocycles. The average Bonchev–Trinajstić information content (AvgIpc) is 3.35. The van der Waals surface area contributed by atoms with Gasteiger partial charge in [0.05, 0.1) is 41.3 Å². The molecule has 0 radical (unpaired) electrons. The first-order valence-electron chi connectivity index (χ1n) is 9.15. The third-order valence-electron chi connectivity index (χ3n) is 4.92. The zero-order valence-electron chi connectivity index (χ0n) is 16.6. The molecule has 3 heterocycles. The molecule has 0 spiro atoms. The van der Waals surface area contributed by atoms with Gasteiger partial charge >= 0.3 is 0 Å². The molecule has 1 atom stereocenters. The number of aryl methyl sites for hydroxylation is 1. The topological polar surface area (TPSA) is 95.1 Å². The lowest BCUT2D eigenvalue weighted by Gasteiger charge is -2.11. The predicted molar refractivity (Wildman–Crippen MR) is 111 cm³/mol. The van der Waals surface area contributed by atoms with E-state index >= 15 is 0 Å². The molecule has 28 heavy (non-hydrogen) atoms. The Labute approximate surface area is 165 Å². The van der Waals surface area contributed by atoms with Crippen molar-refractivity contribution in [3.05, 3.63) is 47.0 Å². The molecule has 0 bridgehead atoms. The second-order valence-corrected chi connectivity index (χ2v) is 8.03. The largest absolute Gasteiger partial charge is 0.491 e. The van der Waals surface area contributed by atoms with Crippen molar-refractivity contribution in [2.75, 3.05) is 6.61 Å². The third-order valence-corrected chi connectivity index (χ3v) is 4.92. The number of amides is 1. The van der Waals surface area contributed by atoms with Crippen LogP contribution in [-0.4, -0.2) is 56.0 Å². The molecule has 1 aromatic carbocycles. The fraction of sp³-hybridized carbons (Fsp3) is 0.294. The van der Waals surface area contributed by atoms with Crippen molar-refractivity contribution in [1.82, 2.24) is 25.2 Å². The number of benzene rings is 1. The van der Waals surface area contributed by atoms with Crippen molar-refractivity contribution in [1.29, 1.82) is 0 Å². The number of carbonyl (C=O) groups excluding carboxylic acids is 1. The number of fused-ring (bicyclic) bond motifs is 1. The number of nitrogens with zero attached hydrogens (tertiary/aromatic N) is 4. The van der Waals surface area contributed by atoms with Crippen LogP contribution in [0.3, 0.4) is 0 Å². The fourth-order valence-electron chi connectivity index (χ4n) is 3.07. The average molecular weight is 375 g/mol. The Morgan fingerprint density at radius 3 is 2.79 bits per heavy atom. The number of hydrogen-bond acceptors (Lipinski definition) is 6. The maximum Gasteiger partial charge on any atom is 0.257 e. The first kappa shape index (κ1) is 18.4. The summed E-state index contributed by atoms with van der Waals surface area (Å²) in [5.41, 5.74) is 3.09. The Morgan fingerprint density at radius 1 is 1.36 bits per heavy atom. The van der Waals surface area contributed by atoms with E-state index < -0.39 is 0 Å². The van der Waals surface area contributed by atoms with E-state index in [0.717, 1.165) is 16.8 Å². The summed E-state index contributed by atoms with van der Waals surface area (Å²) in [6.07, 6.45) is 1.58. The first-order chi connectivity index (χ1) is 13.2. The Bertz CT molecular complexity index is 1060. The van der Waals surface area contributed by atoms with Crippen LogP contribution in [0.4, 0.5) is 0 Å². The van der Waals surface area contributed by atoms with Gasteiger partial charge in [-0.05, 0) is 19.1 Å². The van der Waals surface area contributed by atoms with E-state index in [0.29, 0.717) is 29.6 Å². The van der Waals surface area contributed by atoms with Crippen LogP contribution in [0.2, 0.25) is 0 Å². The summed E-state index contributed by atoms with van der Waals surface area (Å²) in [5, 5.41) is 11.0. The summed E-state index contributed by atoms with van der Waals surface area (Å²) in [4.78, 5) is 17.1. The Kier molecular flexibility index (Phi) is 4.32. The maximum atomic E-state index is 12.6. The van der Waals surface area contributed by atoms with Crippen LogP contribution in [0, 0.1) is 6.92 Å². The molecule has 0 saturated heterocycles. The molecule has 140 valence electrons. The number of rotatable bonds is 4. The van der Waals surface area contributed by atoms with E-state index in [4.69, 9.17) is 9.26 Å². The van der Waals surface area contributed by atoms with Crippen LogP contribution in [0.15, 0.2) is 28.9 Å². The Hall–Kier alpha value is -2.97. The van der Waals surface area contributed by atoms with E-state index in [1.54, 1.807) is 10.9 Å². The summed E-state index contributed by atoms with van der Waals surface area (Å²) in [6.45, 7) is 2.24. The smallest absolute Gasteiger partial charge is 0.257 e. The normalized spacial score (nSPS) is 15.9. The van der Waals surface area contributed by atoms with Gasteiger partial charge in [-0.25, -0.2) is 0 Å². The molecule has 0 unspecified atom stereocenters. The molecule has 1 N–H and O–H groups in total. The SMILES string of the molecule is BC(B)(B)c1noc(-c2ccc3c(c2)OC[C@H]3NC(=O)c2cnn(C)c2C)n1. The van der Waals surface area contributed by atoms with Gasteiger partial charge in [-0.1, -0.05) is 16.3 Å². The van der Waals surface area contributed by atoms with Crippen LogP contribution in [0.25, 0.3) is 11.5 Å². The first-order valence-corrected chi connectivity index (χ1v) is 9.15. The summed E-state index contributed by atoms with van der Waals surface area (Å²) in [7, 11) is 7.91. The van der Waals surface area contributed by atoms with Gasteiger partial charge in [-0.3, -0.25) is 9.48 Å². The van der Waals surface area contributed by atoms with E-state index in [2.05, 4.69) is 20.6 Å². The molecule has 3 aromatic rings. The standard InChI is InChI=1S/C17H20B3N5O3/c1-8-11(6-21-25(8)2)14(26)22-12-7-27-13-5-9(3-4-10(12)13)15-23-16(24-28-15)17(18,19)20/h3-6,12H,7,18-20H2,1-2H3,(H,22,26)/t12-/m1/s1. The van der Waals surface area contributed by atoms with Gasteiger partial charge < -0.3 is 14.6 Å². The molecule has 0 fully saturated rings. The second kappa shape index (κ2) is 6.58. The molecule has 4 rings (SSSR count). The maximum absolute atomic E-state index is 12.6. The second-order valence-electron chi connectivity index (χ2n) is 8.03. The lowest BCUT2D eigenvalue weighted by atomic mass is 9.42. The quantitative estimate of drug-likeness (QED) is 0.567. The molecular weight excluding hydrogens is 355 g/mol. The van der Waals surface area contributed by atoms with Crippen molar-refractivity contribution in [2.45, 2.75) is 18.1 Å². The van der Waals surface area contributed by atoms with Gasteiger partial charge in [-0.15, -0.1) is 0 Å². The third kappa shape index (κ3) is 3.21. The number of nitrogens with one attached hydrogen (secondary N) is 1. The summed E-state index contributed by atoms with van der Waals surface area (Å²) < 4.78 is 12.9.